The lowest BCUT2D eigenvalue weighted by atomic mass is 10.2. The fourth-order valence-corrected chi connectivity index (χ4v) is 2.80. The molecular weight excluding hydrogens is 328 g/mol. The number of carbonyl (C=O) groups excluding carboxylic acids is 1. The van der Waals surface area contributed by atoms with Crippen molar-refractivity contribution in [1.29, 1.82) is 0 Å². The molecule has 0 aliphatic carbocycles. The van der Waals surface area contributed by atoms with Gasteiger partial charge in [0.1, 0.15) is 5.82 Å². The molecule has 0 fully saturated rings. The molecule has 7 nitrogen and oxygen atoms in total. The number of rotatable bonds is 6. The van der Waals surface area contributed by atoms with Gasteiger partial charge in [0.05, 0.1) is 17.3 Å². The van der Waals surface area contributed by atoms with Gasteiger partial charge in [-0.2, -0.15) is 5.10 Å². The average Bonchev–Trinajstić information content (AvgIpc) is 3.03. The van der Waals surface area contributed by atoms with Gasteiger partial charge in [-0.05, 0) is 31.9 Å². The number of anilines is 1. The van der Waals surface area contributed by atoms with Crippen LogP contribution in [-0.2, 0) is 0 Å². The highest BCUT2D eigenvalue weighted by Crippen LogP contribution is 2.22. The molecule has 0 aliphatic heterocycles. The highest BCUT2D eigenvalue weighted by Gasteiger charge is 2.16. The number of nitrogens with zero attached hydrogens (tertiary/aromatic N) is 5. The molecule has 0 unspecified atom stereocenters. The second-order valence-corrected chi connectivity index (χ2v) is 6.08. The van der Waals surface area contributed by atoms with Crippen molar-refractivity contribution in [3.63, 3.8) is 0 Å². The Morgan fingerprint density at radius 1 is 1.19 bits per heavy atom. The number of pyridine rings is 1. The lowest BCUT2D eigenvalue weighted by Crippen LogP contribution is -2.18. The predicted octanol–water partition coefficient (Wildman–Crippen LogP) is 3.66. The van der Waals surface area contributed by atoms with Crippen LogP contribution in [0.1, 0.15) is 48.8 Å². The molecule has 0 atom stereocenters. The average molecular weight is 350 g/mol. The van der Waals surface area contributed by atoms with E-state index in [1.165, 1.54) is 12.4 Å². The van der Waals surface area contributed by atoms with Crippen LogP contribution in [0.4, 0.5) is 5.82 Å². The maximum absolute atomic E-state index is 12.6. The number of aryl methyl sites for hydroxylation is 1. The molecule has 0 saturated carbocycles. The Morgan fingerprint density at radius 2 is 1.92 bits per heavy atom. The minimum absolute atomic E-state index is 0.253. The number of aromatic nitrogens is 5. The third-order valence-electron chi connectivity index (χ3n) is 4.22. The summed E-state index contributed by atoms with van der Waals surface area (Å²) >= 11 is 0. The van der Waals surface area contributed by atoms with Crippen molar-refractivity contribution in [2.45, 2.75) is 39.7 Å². The molecule has 0 radical (unpaired) electrons. The van der Waals surface area contributed by atoms with Crippen molar-refractivity contribution in [2.75, 3.05) is 5.32 Å². The highest BCUT2D eigenvalue weighted by atomic mass is 16.1. The third kappa shape index (κ3) is 3.77. The van der Waals surface area contributed by atoms with Crippen molar-refractivity contribution in [1.82, 2.24) is 24.7 Å². The van der Waals surface area contributed by atoms with Gasteiger partial charge in [-0.3, -0.25) is 9.78 Å². The van der Waals surface area contributed by atoms with E-state index in [0.29, 0.717) is 17.2 Å². The van der Waals surface area contributed by atoms with Gasteiger partial charge in [0.15, 0.2) is 5.82 Å². The van der Waals surface area contributed by atoms with E-state index in [0.717, 1.165) is 24.1 Å². The van der Waals surface area contributed by atoms with E-state index < -0.39 is 0 Å². The van der Waals surface area contributed by atoms with Crippen molar-refractivity contribution in [3.05, 3.63) is 54.2 Å². The number of hydrogen-bond acceptors (Lipinski definition) is 5. The van der Waals surface area contributed by atoms with Gasteiger partial charge >= 0.3 is 0 Å². The molecule has 134 valence electrons. The van der Waals surface area contributed by atoms with Crippen molar-refractivity contribution in [3.8, 4) is 11.4 Å². The fraction of sp³-hybridized carbons (Fsp3) is 0.316. The zero-order valence-corrected chi connectivity index (χ0v) is 15.2. The first-order valence-corrected chi connectivity index (χ1v) is 8.72. The molecule has 7 heteroatoms. The molecule has 3 rings (SSSR count). The van der Waals surface area contributed by atoms with E-state index in [2.05, 4.69) is 39.2 Å². The molecule has 0 saturated heterocycles. The second kappa shape index (κ2) is 7.86. The van der Waals surface area contributed by atoms with Gasteiger partial charge in [-0.1, -0.05) is 13.8 Å². The minimum atomic E-state index is -0.255. The lowest BCUT2D eigenvalue weighted by Gasteiger charge is -2.17. The molecule has 0 bridgehead atoms. The Bertz CT molecular complexity index is 869. The molecule has 26 heavy (non-hydrogen) atoms. The fourth-order valence-electron chi connectivity index (χ4n) is 2.80. The molecule has 0 spiro atoms. The summed E-state index contributed by atoms with van der Waals surface area (Å²) in [6.07, 6.45) is 8.32. The first-order chi connectivity index (χ1) is 12.6. The van der Waals surface area contributed by atoms with E-state index in [9.17, 15) is 4.79 Å². The molecule has 1 amide bonds. The summed E-state index contributed by atoms with van der Waals surface area (Å²) in [6, 6.07) is 5.82. The second-order valence-electron chi connectivity index (χ2n) is 6.08. The van der Waals surface area contributed by atoms with Gasteiger partial charge < -0.3 is 5.32 Å². The van der Waals surface area contributed by atoms with Gasteiger partial charge in [0.2, 0.25) is 0 Å². The van der Waals surface area contributed by atoms with E-state index in [4.69, 9.17) is 0 Å². The highest BCUT2D eigenvalue weighted by molar-refractivity contribution is 6.03. The number of amides is 1. The maximum atomic E-state index is 12.6. The summed E-state index contributed by atoms with van der Waals surface area (Å²) in [7, 11) is 0. The van der Waals surface area contributed by atoms with Crippen LogP contribution in [0.3, 0.4) is 0 Å². The van der Waals surface area contributed by atoms with Crippen molar-refractivity contribution in [2.24, 2.45) is 0 Å². The molecule has 0 aromatic carbocycles. The van der Waals surface area contributed by atoms with E-state index in [1.807, 2.05) is 29.8 Å². The lowest BCUT2D eigenvalue weighted by molar-refractivity contribution is 0.102. The SMILES string of the molecule is CCC(CC)n1nc(C)cc1NC(=O)c1cnc(-c2cccnc2)nc1. The van der Waals surface area contributed by atoms with Crippen molar-refractivity contribution < 1.29 is 4.79 Å². The Morgan fingerprint density at radius 3 is 2.54 bits per heavy atom. The zero-order chi connectivity index (χ0) is 18.5. The molecule has 0 aliphatic rings. The Kier molecular flexibility index (Phi) is 5.36. The maximum Gasteiger partial charge on any atom is 0.259 e. The molecular formula is C19H22N6O. The number of nitrogens with one attached hydrogen (secondary N) is 1. The monoisotopic (exact) mass is 350 g/mol. The summed E-state index contributed by atoms with van der Waals surface area (Å²) in [5.41, 5.74) is 2.07. The molecule has 3 aromatic rings. The van der Waals surface area contributed by atoms with E-state index in [-0.39, 0.29) is 11.9 Å². The van der Waals surface area contributed by atoms with Crippen LogP contribution in [0.2, 0.25) is 0 Å². The van der Waals surface area contributed by atoms with Crippen LogP contribution >= 0.6 is 0 Å². The van der Waals surface area contributed by atoms with Crippen LogP contribution in [0, 0.1) is 6.92 Å². The minimum Gasteiger partial charge on any atom is -0.307 e. The summed E-state index contributed by atoms with van der Waals surface area (Å²) in [4.78, 5) is 25.2. The first kappa shape index (κ1) is 17.7. The zero-order valence-electron chi connectivity index (χ0n) is 15.2. The van der Waals surface area contributed by atoms with Gasteiger partial charge in [0.25, 0.3) is 5.91 Å². The summed E-state index contributed by atoms with van der Waals surface area (Å²) in [5, 5.41) is 7.44. The predicted molar refractivity (Wildman–Crippen MR) is 99.8 cm³/mol. The van der Waals surface area contributed by atoms with Gasteiger partial charge in [-0.15, -0.1) is 0 Å². The first-order valence-electron chi connectivity index (χ1n) is 8.72. The Balaban J connectivity index is 1.79. The third-order valence-corrected chi connectivity index (χ3v) is 4.22. The smallest absolute Gasteiger partial charge is 0.259 e. The topological polar surface area (TPSA) is 85.6 Å². The largest absolute Gasteiger partial charge is 0.307 e. The van der Waals surface area contributed by atoms with Crippen LogP contribution < -0.4 is 5.32 Å². The van der Waals surface area contributed by atoms with Crippen LogP contribution in [-0.4, -0.2) is 30.6 Å². The Labute approximate surface area is 152 Å². The molecule has 3 aromatic heterocycles. The van der Waals surface area contributed by atoms with Crippen molar-refractivity contribution >= 4 is 11.7 Å². The summed E-state index contributed by atoms with van der Waals surface area (Å²) in [5.74, 6) is 0.972. The van der Waals surface area contributed by atoms with Crippen LogP contribution in [0.5, 0.6) is 0 Å². The standard InChI is InChI=1S/C19H22N6O/c1-4-16(5-2)25-17(9-13(3)24-25)23-19(26)15-11-21-18(22-12-15)14-7-6-8-20-10-14/h6-12,16H,4-5H2,1-3H3,(H,23,26). The summed E-state index contributed by atoms with van der Waals surface area (Å²) in [6.45, 7) is 6.14. The summed E-state index contributed by atoms with van der Waals surface area (Å²) < 4.78 is 1.89. The number of hydrogen-bond donors (Lipinski definition) is 1. The molecule has 3 heterocycles. The van der Waals surface area contributed by atoms with Gasteiger partial charge in [-0.25, -0.2) is 14.6 Å². The Hall–Kier alpha value is -3.09. The number of carbonyl (C=O) groups is 1. The van der Waals surface area contributed by atoms with E-state index in [1.54, 1.807) is 12.4 Å². The quantitative estimate of drug-likeness (QED) is 0.733. The van der Waals surface area contributed by atoms with Crippen LogP contribution in [0.15, 0.2) is 43.0 Å². The normalized spacial score (nSPS) is 10.9. The van der Waals surface area contributed by atoms with E-state index >= 15 is 0 Å². The molecule has 1 N–H and O–H groups in total. The van der Waals surface area contributed by atoms with Crippen LogP contribution in [0.25, 0.3) is 11.4 Å². The van der Waals surface area contributed by atoms with Gasteiger partial charge in [0, 0.05) is 36.4 Å².